The molecule has 1 aromatic heterocycles. The Balaban J connectivity index is 2.38. The minimum atomic E-state index is -0.492. The molecule has 0 bridgehead atoms. The van der Waals surface area contributed by atoms with Crippen molar-refractivity contribution < 1.29 is 4.79 Å². The van der Waals surface area contributed by atoms with Gasteiger partial charge in [0.25, 0.3) is 0 Å². The zero-order chi connectivity index (χ0) is 10.7. The second-order valence-corrected chi connectivity index (χ2v) is 3.93. The van der Waals surface area contributed by atoms with Crippen molar-refractivity contribution in [1.82, 2.24) is 10.3 Å². The van der Waals surface area contributed by atoms with E-state index in [4.69, 9.17) is 5.73 Å². The van der Waals surface area contributed by atoms with E-state index in [-0.39, 0.29) is 5.91 Å². The maximum atomic E-state index is 11.7. The van der Waals surface area contributed by atoms with Crippen molar-refractivity contribution >= 4 is 5.91 Å². The molecule has 0 aliphatic carbocycles. The van der Waals surface area contributed by atoms with Gasteiger partial charge in [0.1, 0.15) is 0 Å². The lowest BCUT2D eigenvalue weighted by molar-refractivity contribution is -0.124. The van der Waals surface area contributed by atoms with E-state index >= 15 is 0 Å². The van der Waals surface area contributed by atoms with Crippen LogP contribution in [0.4, 0.5) is 0 Å². The molecule has 2 heterocycles. The summed E-state index contributed by atoms with van der Waals surface area (Å²) in [6.45, 7) is 1.68. The summed E-state index contributed by atoms with van der Waals surface area (Å²) < 4.78 is 0. The smallest absolute Gasteiger partial charge is 0.228 e. The minimum absolute atomic E-state index is 0.227. The van der Waals surface area contributed by atoms with Crippen molar-refractivity contribution in [3.63, 3.8) is 0 Å². The Morgan fingerprint density at radius 3 is 2.47 bits per heavy atom. The first-order valence-corrected chi connectivity index (χ1v) is 5.17. The fourth-order valence-electron chi connectivity index (χ4n) is 2.20. The Hall–Kier alpha value is -1.42. The summed E-state index contributed by atoms with van der Waals surface area (Å²) in [5.41, 5.74) is 6.05. The van der Waals surface area contributed by atoms with Crippen LogP contribution in [0.2, 0.25) is 0 Å². The lowest BCUT2D eigenvalue weighted by atomic mass is 9.73. The highest BCUT2D eigenvalue weighted by atomic mass is 16.1. The second kappa shape index (κ2) is 3.98. The van der Waals surface area contributed by atoms with Crippen LogP contribution in [0.25, 0.3) is 0 Å². The lowest BCUT2D eigenvalue weighted by Gasteiger charge is -2.35. The highest BCUT2D eigenvalue weighted by Gasteiger charge is 2.39. The maximum Gasteiger partial charge on any atom is 0.228 e. The fourth-order valence-corrected chi connectivity index (χ4v) is 2.20. The van der Waals surface area contributed by atoms with Gasteiger partial charge in [0.2, 0.25) is 5.91 Å². The Bertz CT molecular complexity index is 344. The van der Waals surface area contributed by atoms with E-state index in [2.05, 4.69) is 10.3 Å². The number of piperidine rings is 1. The molecule has 3 N–H and O–H groups in total. The quantitative estimate of drug-likeness (QED) is 0.724. The SMILES string of the molecule is NC(=O)C1(c2ccncc2)CCNCC1. The number of hydrogen-bond donors (Lipinski definition) is 2. The zero-order valence-electron chi connectivity index (χ0n) is 8.57. The molecule has 15 heavy (non-hydrogen) atoms. The Labute approximate surface area is 88.9 Å². The number of nitrogens with two attached hydrogens (primary N) is 1. The number of primary amides is 1. The Morgan fingerprint density at radius 2 is 1.93 bits per heavy atom. The summed E-state index contributed by atoms with van der Waals surface area (Å²) in [6.07, 6.45) is 4.96. The molecular weight excluding hydrogens is 190 g/mol. The summed E-state index contributed by atoms with van der Waals surface area (Å²) >= 11 is 0. The zero-order valence-corrected chi connectivity index (χ0v) is 8.57. The average Bonchev–Trinajstić information content (AvgIpc) is 2.31. The minimum Gasteiger partial charge on any atom is -0.369 e. The molecule has 1 aliphatic heterocycles. The van der Waals surface area contributed by atoms with E-state index in [0.717, 1.165) is 31.5 Å². The molecule has 1 amide bonds. The van der Waals surface area contributed by atoms with Crippen LogP contribution in [0.3, 0.4) is 0 Å². The first-order valence-electron chi connectivity index (χ1n) is 5.17. The summed E-state index contributed by atoms with van der Waals surface area (Å²) in [6, 6.07) is 3.77. The van der Waals surface area contributed by atoms with Gasteiger partial charge in [0.15, 0.2) is 0 Å². The second-order valence-electron chi connectivity index (χ2n) is 3.93. The molecule has 0 spiro atoms. The Kier molecular flexibility index (Phi) is 2.68. The molecule has 4 nitrogen and oxygen atoms in total. The van der Waals surface area contributed by atoms with Crippen LogP contribution in [-0.2, 0) is 10.2 Å². The fraction of sp³-hybridized carbons (Fsp3) is 0.455. The number of pyridine rings is 1. The van der Waals surface area contributed by atoms with Gasteiger partial charge in [-0.2, -0.15) is 0 Å². The summed E-state index contributed by atoms with van der Waals surface area (Å²) in [5.74, 6) is -0.227. The van der Waals surface area contributed by atoms with E-state index in [1.807, 2.05) is 12.1 Å². The summed E-state index contributed by atoms with van der Waals surface area (Å²) in [5, 5.41) is 3.24. The van der Waals surface area contributed by atoms with Gasteiger partial charge in [0, 0.05) is 12.4 Å². The van der Waals surface area contributed by atoms with Crippen molar-refractivity contribution in [3.05, 3.63) is 30.1 Å². The molecule has 0 aromatic carbocycles. The molecule has 1 fully saturated rings. The number of carbonyl (C=O) groups excluding carboxylic acids is 1. The van der Waals surface area contributed by atoms with Crippen molar-refractivity contribution in [3.8, 4) is 0 Å². The molecule has 0 radical (unpaired) electrons. The van der Waals surface area contributed by atoms with Crippen molar-refractivity contribution in [2.45, 2.75) is 18.3 Å². The van der Waals surface area contributed by atoms with Gasteiger partial charge in [-0.3, -0.25) is 9.78 Å². The predicted molar refractivity (Wildman–Crippen MR) is 57.2 cm³/mol. The number of nitrogens with zero attached hydrogens (tertiary/aromatic N) is 1. The lowest BCUT2D eigenvalue weighted by Crippen LogP contribution is -2.48. The third-order valence-electron chi connectivity index (χ3n) is 3.16. The molecule has 1 saturated heterocycles. The normalized spacial score (nSPS) is 19.7. The first-order chi connectivity index (χ1) is 7.26. The van der Waals surface area contributed by atoms with Crippen LogP contribution in [0.5, 0.6) is 0 Å². The number of nitrogens with one attached hydrogen (secondary N) is 1. The third kappa shape index (κ3) is 1.72. The van der Waals surface area contributed by atoms with E-state index < -0.39 is 5.41 Å². The molecule has 1 aliphatic rings. The van der Waals surface area contributed by atoms with Crippen LogP contribution in [-0.4, -0.2) is 24.0 Å². The van der Waals surface area contributed by atoms with E-state index in [1.165, 1.54) is 0 Å². The highest BCUT2D eigenvalue weighted by molar-refractivity contribution is 5.86. The number of carbonyl (C=O) groups is 1. The largest absolute Gasteiger partial charge is 0.369 e. The van der Waals surface area contributed by atoms with Crippen molar-refractivity contribution in [2.24, 2.45) is 5.73 Å². The summed E-state index contributed by atoms with van der Waals surface area (Å²) in [7, 11) is 0. The van der Waals surface area contributed by atoms with Crippen LogP contribution in [0.15, 0.2) is 24.5 Å². The van der Waals surface area contributed by atoms with Gasteiger partial charge in [-0.25, -0.2) is 0 Å². The molecule has 1 aromatic rings. The van der Waals surface area contributed by atoms with Gasteiger partial charge in [0.05, 0.1) is 5.41 Å². The molecule has 2 rings (SSSR count). The Morgan fingerprint density at radius 1 is 1.33 bits per heavy atom. The van der Waals surface area contributed by atoms with Gasteiger partial charge in [-0.1, -0.05) is 0 Å². The van der Waals surface area contributed by atoms with Gasteiger partial charge in [-0.15, -0.1) is 0 Å². The van der Waals surface area contributed by atoms with Crippen LogP contribution in [0.1, 0.15) is 18.4 Å². The van der Waals surface area contributed by atoms with Crippen LogP contribution >= 0.6 is 0 Å². The standard InChI is InChI=1S/C11H15N3O/c12-10(15)11(3-7-14-8-4-11)9-1-5-13-6-2-9/h1-2,5-6,14H,3-4,7-8H2,(H2,12,15). The van der Waals surface area contributed by atoms with Gasteiger partial charge in [-0.05, 0) is 43.6 Å². The average molecular weight is 205 g/mol. The molecule has 80 valence electrons. The van der Waals surface area contributed by atoms with Gasteiger partial charge >= 0.3 is 0 Å². The molecular formula is C11H15N3O. The van der Waals surface area contributed by atoms with Crippen molar-refractivity contribution in [1.29, 1.82) is 0 Å². The first kappa shape index (κ1) is 10.1. The van der Waals surface area contributed by atoms with E-state index in [9.17, 15) is 4.79 Å². The highest BCUT2D eigenvalue weighted by Crippen LogP contribution is 2.32. The topological polar surface area (TPSA) is 68.0 Å². The van der Waals surface area contributed by atoms with Crippen LogP contribution in [0, 0.1) is 0 Å². The number of rotatable bonds is 2. The summed E-state index contributed by atoms with van der Waals surface area (Å²) in [4.78, 5) is 15.6. The predicted octanol–water partition coefficient (Wildman–Crippen LogP) is 0.188. The van der Waals surface area contributed by atoms with Gasteiger partial charge < -0.3 is 11.1 Å². The number of aromatic nitrogens is 1. The van der Waals surface area contributed by atoms with Crippen LogP contribution < -0.4 is 11.1 Å². The maximum absolute atomic E-state index is 11.7. The molecule has 0 saturated carbocycles. The molecule has 0 atom stereocenters. The number of amides is 1. The van der Waals surface area contributed by atoms with Crippen molar-refractivity contribution in [2.75, 3.05) is 13.1 Å². The van der Waals surface area contributed by atoms with E-state index in [1.54, 1.807) is 12.4 Å². The number of hydrogen-bond acceptors (Lipinski definition) is 3. The molecule has 0 unspecified atom stereocenters. The molecule has 4 heteroatoms. The van der Waals surface area contributed by atoms with E-state index in [0.29, 0.717) is 0 Å². The third-order valence-corrected chi connectivity index (χ3v) is 3.16. The monoisotopic (exact) mass is 205 g/mol.